The van der Waals surface area contributed by atoms with Gasteiger partial charge in [-0.2, -0.15) is 0 Å². The van der Waals surface area contributed by atoms with Crippen molar-refractivity contribution in [2.75, 3.05) is 39.8 Å². The summed E-state index contributed by atoms with van der Waals surface area (Å²) in [6.45, 7) is 3.37. The van der Waals surface area contributed by atoms with Crippen molar-refractivity contribution in [3.63, 3.8) is 0 Å². The minimum Gasteiger partial charge on any atom is -0.413 e. The Morgan fingerprint density at radius 3 is 2.05 bits per heavy atom. The first-order valence-electron chi connectivity index (χ1n) is 19.4. The Balaban J connectivity index is 1.30. The molecule has 0 saturated carbocycles. The predicted octanol–water partition coefficient (Wildman–Crippen LogP) is 5.32. The number of nitrogens with zero attached hydrogens (tertiary/aromatic N) is 4. The van der Waals surface area contributed by atoms with Crippen molar-refractivity contribution in [3.8, 4) is 5.75 Å². The summed E-state index contributed by atoms with van der Waals surface area (Å²) in [5.74, 6) is -0.888. The first-order valence-corrected chi connectivity index (χ1v) is 21.0. The van der Waals surface area contributed by atoms with E-state index in [2.05, 4.69) is 94.2 Å². The first-order chi connectivity index (χ1) is 27.6. The zero-order valence-electron chi connectivity index (χ0n) is 33.1. The second-order valence-corrected chi connectivity index (χ2v) is 14.9. The number of hydrogen-bond donors (Lipinski definition) is 5. The molecule has 1 unspecified atom stereocenters. The second-order valence-electron chi connectivity index (χ2n) is 13.2. The molecule has 0 radical (unpaired) electrons. The van der Waals surface area contributed by atoms with Crippen molar-refractivity contribution in [2.24, 2.45) is 5.73 Å². The number of hydrogen-bond acceptors (Lipinski definition) is 11. The van der Waals surface area contributed by atoms with Crippen molar-refractivity contribution in [3.05, 3.63) is 115 Å². The molecule has 2 amide bonds. The molecule has 16 heteroatoms. The molecule has 57 heavy (non-hydrogen) atoms. The van der Waals surface area contributed by atoms with Crippen LogP contribution in [-0.4, -0.2) is 99.8 Å². The number of nitrogens with one attached hydrogen (secondary N) is 2. The molecule has 3 rings (SSSR count). The molecule has 0 aliphatic carbocycles. The molecule has 6 N–H and O–H groups in total. The summed E-state index contributed by atoms with van der Waals surface area (Å²) in [4.78, 5) is 29.4. The fourth-order valence-corrected chi connectivity index (χ4v) is 6.63. The normalized spacial score (nSPS) is 20.0. The quantitative estimate of drug-likeness (QED) is 0.0548. The van der Waals surface area contributed by atoms with Crippen LogP contribution in [0.25, 0.3) is 0 Å². The summed E-state index contributed by atoms with van der Waals surface area (Å²) in [6.07, 6.45) is 28.5. The third-order valence-corrected chi connectivity index (χ3v) is 10.0. The van der Waals surface area contributed by atoms with Gasteiger partial charge in [0.05, 0.1) is 6.61 Å². The number of amides is 2. The number of allylic oxidation sites excluding steroid dienone is 12. The highest BCUT2D eigenvalue weighted by Crippen LogP contribution is 2.45. The fraction of sp³-hybridized carbons (Fsp3) is 0.463. The molecule has 1 aromatic carbocycles. The predicted molar refractivity (Wildman–Crippen MR) is 221 cm³/mol. The zero-order valence-corrected chi connectivity index (χ0v) is 33.9. The van der Waals surface area contributed by atoms with Crippen LogP contribution in [-0.2, 0) is 18.6 Å². The highest BCUT2D eigenvalue weighted by Gasteiger charge is 2.45. The maximum atomic E-state index is 13.8. The average molecular weight is 810 g/mol. The number of rotatable bonds is 28. The zero-order chi connectivity index (χ0) is 41.1. The molecular formula is C41H60N7O8P. The van der Waals surface area contributed by atoms with Crippen LogP contribution < -0.4 is 20.7 Å². The molecule has 2 heterocycles. The molecule has 15 nitrogen and oxygen atoms in total. The van der Waals surface area contributed by atoms with Crippen molar-refractivity contribution in [1.82, 2.24) is 30.1 Å². The number of ether oxygens (including phenoxy) is 1. The van der Waals surface area contributed by atoms with Crippen LogP contribution in [0.3, 0.4) is 0 Å². The van der Waals surface area contributed by atoms with E-state index in [1.807, 2.05) is 18.0 Å². The largest absolute Gasteiger partial charge is 0.458 e. The van der Waals surface area contributed by atoms with Gasteiger partial charge in [-0.15, -0.1) is 5.10 Å². The van der Waals surface area contributed by atoms with E-state index in [1.165, 1.54) is 0 Å². The number of benzene rings is 1. The third-order valence-electron chi connectivity index (χ3n) is 8.45. The van der Waals surface area contributed by atoms with Gasteiger partial charge >= 0.3 is 7.75 Å². The Hall–Kier alpha value is -4.47. The Morgan fingerprint density at radius 2 is 1.47 bits per heavy atom. The number of para-hydroxylation sites is 1. The minimum absolute atomic E-state index is 0.0315. The number of aliphatic hydroxyl groups excluding tert-OH is 2. The van der Waals surface area contributed by atoms with Crippen molar-refractivity contribution in [1.29, 1.82) is 0 Å². The highest BCUT2D eigenvalue weighted by molar-refractivity contribution is 7.52. The van der Waals surface area contributed by atoms with E-state index >= 15 is 0 Å². The lowest BCUT2D eigenvalue weighted by Gasteiger charge is -2.24. The first kappa shape index (κ1) is 46.9. The monoisotopic (exact) mass is 809 g/mol. The smallest absolute Gasteiger partial charge is 0.413 e. The van der Waals surface area contributed by atoms with E-state index in [9.17, 15) is 24.4 Å². The summed E-state index contributed by atoms with van der Waals surface area (Å²) in [6, 6.07) is 8.46. The lowest BCUT2D eigenvalue weighted by Crippen LogP contribution is -2.37. The molecule has 2 aromatic rings. The number of aromatic nitrogens is 3. The van der Waals surface area contributed by atoms with E-state index in [1.54, 1.807) is 30.3 Å². The van der Waals surface area contributed by atoms with Crippen LogP contribution in [0.15, 0.2) is 110 Å². The summed E-state index contributed by atoms with van der Waals surface area (Å²) < 4.78 is 32.0. The summed E-state index contributed by atoms with van der Waals surface area (Å²) >= 11 is 0. The Labute approximate surface area is 336 Å². The lowest BCUT2D eigenvalue weighted by molar-refractivity contribution is -0.121. The van der Waals surface area contributed by atoms with E-state index in [-0.39, 0.29) is 18.3 Å². The van der Waals surface area contributed by atoms with Gasteiger partial charge in [-0.25, -0.2) is 19.3 Å². The number of carbonyl (C=O) groups is 2. The van der Waals surface area contributed by atoms with E-state index < -0.39 is 44.8 Å². The van der Waals surface area contributed by atoms with E-state index in [0.717, 1.165) is 49.5 Å². The summed E-state index contributed by atoms with van der Waals surface area (Å²) in [7, 11) is -2.14. The molecular weight excluding hydrogens is 749 g/mol. The van der Waals surface area contributed by atoms with Crippen LogP contribution in [0.4, 0.5) is 0 Å². The van der Waals surface area contributed by atoms with Gasteiger partial charge in [0, 0.05) is 32.6 Å². The standard InChI is InChI=1S/C41H60N7O8P/c1-3-4-5-6-7-8-9-10-11-12-13-14-15-16-17-18-19-20-24-27-36(49)43-28-30-47(2)31-29-45-57(53,56-34-25-22-21-23-26-34)54-32-35-37(50)38(51)41(55-35)48-33-44-40(46-48)39(42)52/h4-5,7-8,10-11,13-14,16-17,19-23,25-26,33,35,37-38,41,50-51H,3,6,9,12,15,18,24,27-32H2,1-2H3,(H2,42,52)(H,43,49)(H,45,53)/b5-4-,8-7-,11-10-,14-13-,17-16-,20-19-/t35-,37-,38-,41-,57?/m1/s1. The molecule has 1 aliphatic heterocycles. The van der Waals surface area contributed by atoms with Crippen molar-refractivity contribution in [2.45, 2.75) is 82.8 Å². The molecule has 1 aliphatic rings. The number of carbonyl (C=O) groups excluding carboxylic acids is 2. The lowest BCUT2D eigenvalue weighted by atomic mass is 10.1. The molecule has 1 fully saturated rings. The molecule has 1 aromatic heterocycles. The number of nitrogens with two attached hydrogens (primary N) is 1. The van der Waals surface area contributed by atoms with Crippen LogP contribution in [0.5, 0.6) is 5.75 Å². The van der Waals surface area contributed by atoms with Crippen LogP contribution in [0.2, 0.25) is 0 Å². The highest BCUT2D eigenvalue weighted by atomic mass is 31.2. The molecule has 0 spiro atoms. The number of aliphatic hydroxyl groups is 2. The summed E-state index contributed by atoms with van der Waals surface area (Å²) in [5, 5.41) is 30.8. The average Bonchev–Trinajstić information content (AvgIpc) is 3.80. The number of likely N-dealkylation sites (N-methyl/N-ethyl adjacent to an activating group) is 1. The number of primary amides is 1. The van der Waals surface area contributed by atoms with Gasteiger partial charge in [-0.3, -0.25) is 14.1 Å². The molecule has 312 valence electrons. The third kappa shape index (κ3) is 19.0. The van der Waals surface area contributed by atoms with Crippen LogP contribution in [0, 0.1) is 0 Å². The Morgan fingerprint density at radius 1 is 0.895 bits per heavy atom. The van der Waals surface area contributed by atoms with E-state index in [4.69, 9.17) is 19.5 Å². The fourth-order valence-electron chi connectivity index (χ4n) is 5.31. The SMILES string of the molecule is CC/C=C\C/C=C\C/C=C\C/C=C\C/C=C\C/C=C\CCC(=O)NCCN(C)CCNP(=O)(OC[C@H]1O[C@@H](n2cnc(C(N)=O)n2)[C@H](O)[C@@H]1O)Oc1ccccc1. The minimum atomic E-state index is -4.01. The van der Waals surface area contributed by atoms with Gasteiger partial charge in [0.1, 0.15) is 30.4 Å². The maximum Gasteiger partial charge on any atom is 0.458 e. The van der Waals surface area contributed by atoms with Gasteiger partial charge in [0.2, 0.25) is 11.7 Å². The molecule has 1 saturated heterocycles. The Kier molecular flexibility index (Phi) is 22.4. The topological polar surface area (TPSA) is 203 Å². The second kappa shape index (κ2) is 27.2. The maximum absolute atomic E-state index is 13.8. The van der Waals surface area contributed by atoms with Gasteiger partial charge in [-0.05, 0) is 64.1 Å². The Bertz CT molecular complexity index is 1690. The van der Waals surface area contributed by atoms with Gasteiger partial charge < -0.3 is 35.4 Å². The van der Waals surface area contributed by atoms with E-state index in [0.29, 0.717) is 38.2 Å². The van der Waals surface area contributed by atoms with Gasteiger partial charge in [-0.1, -0.05) is 98.0 Å². The van der Waals surface area contributed by atoms with Gasteiger partial charge in [0.25, 0.3) is 5.91 Å². The molecule has 0 bridgehead atoms. The molecule has 5 atom stereocenters. The van der Waals surface area contributed by atoms with Crippen molar-refractivity contribution >= 4 is 19.6 Å². The van der Waals surface area contributed by atoms with Crippen LogP contribution >= 0.6 is 7.75 Å². The van der Waals surface area contributed by atoms with Crippen molar-refractivity contribution < 1.29 is 38.2 Å². The van der Waals surface area contributed by atoms with Crippen LogP contribution in [0.1, 0.15) is 75.1 Å². The van der Waals surface area contributed by atoms with Gasteiger partial charge in [0.15, 0.2) is 6.23 Å². The summed E-state index contributed by atoms with van der Waals surface area (Å²) in [5.41, 5.74) is 5.20.